The summed E-state index contributed by atoms with van der Waals surface area (Å²) >= 11 is 0. The molecule has 1 atom stereocenters. The van der Waals surface area contributed by atoms with Crippen molar-refractivity contribution in [2.45, 2.75) is 6.42 Å². The lowest BCUT2D eigenvalue weighted by atomic mass is 9.96. The Morgan fingerprint density at radius 3 is 2.92 bits per heavy atom. The third-order valence-corrected chi connectivity index (χ3v) is 4.35. The molecule has 0 fully saturated rings. The zero-order valence-corrected chi connectivity index (χ0v) is 13.6. The van der Waals surface area contributed by atoms with Crippen molar-refractivity contribution in [2.75, 3.05) is 13.2 Å². The van der Waals surface area contributed by atoms with Crippen molar-refractivity contribution in [3.63, 3.8) is 0 Å². The highest BCUT2D eigenvalue weighted by atomic mass is 16.5. The molecule has 2 N–H and O–H groups in total. The van der Waals surface area contributed by atoms with Gasteiger partial charge in [0.1, 0.15) is 12.1 Å². The van der Waals surface area contributed by atoms with Crippen LogP contribution in [0.3, 0.4) is 0 Å². The van der Waals surface area contributed by atoms with Gasteiger partial charge in [0.2, 0.25) is 0 Å². The number of carbonyl (C=O) groups is 1. The number of fused-ring (bicyclic) bond motifs is 1. The quantitative estimate of drug-likeness (QED) is 0.768. The maximum Gasteiger partial charge on any atom is 0.252 e. The maximum atomic E-state index is 12.6. The molecule has 126 valence electrons. The van der Waals surface area contributed by atoms with E-state index in [-0.39, 0.29) is 11.8 Å². The van der Waals surface area contributed by atoms with Gasteiger partial charge in [-0.25, -0.2) is 4.98 Å². The molecule has 2 aromatic carbocycles. The van der Waals surface area contributed by atoms with Crippen molar-refractivity contribution < 1.29 is 9.53 Å². The van der Waals surface area contributed by atoms with Crippen LogP contribution < -0.4 is 10.1 Å². The van der Waals surface area contributed by atoms with Gasteiger partial charge in [-0.3, -0.25) is 9.89 Å². The van der Waals surface area contributed by atoms with Gasteiger partial charge >= 0.3 is 0 Å². The van der Waals surface area contributed by atoms with Crippen LogP contribution in [0.15, 0.2) is 54.9 Å². The van der Waals surface area contributed by atoms with Crippen LogP contribution in [-0.2, 0) is 6.42 Å². The van der Waals surface area contributed by atoms with Crippen molar-refractivity contribution >= 4 is 5.91 Å². The minimum Gasteiger partial charge on any atom is -0.493 e. The Balaban J connectivity index is 1.44. The molecule has 0 bridgehead atoms. The average Bonchev–Trinajstić information content (AvgIpc) is 3.20. The summed E-state index contributed by atoms with van der Waals surface area (Å²) in [6.45, 7) is 1.18. The third-order valence-electron chi connectivity index (χ3n) is 4.35. The molecule has 0 aliphatic carbocycles. The smallest absolute Gasteiger partial charge is 0.252 e. The summed E-state index contributed by atoms with van der Waals surface area (Å²) in [6.07, 6.45) is 2.33. The molecule has 1 amide bonds. The van der Waals surface area contributed by atoms with Gasteiger partial charge in [-0.1, -0.05) is 36.4 Å². The molecule has 0 radical (unpaired) electrons. The Morgan fingerprint density at radius 1 is 1.20 bits per heavy atom. The molecule has 0 saturated heterocycles. The fourth-order valence-electron chi connectivity index (χ4n) is 3.08. The Morgan fingerprint density at radius 2 is 2.04 bits per heavy atom. The van der Waals surface area contributed by atoms with Gasteiger partial charge in [-0.15, -0.1) is 0 Å². The van der Waals surface area contributed by atoms with Crippen LogP contribution in [0.4, 0.5) is 0 Å². The molecule has 25 heavy (non-hydrogen) atoms. The van der Waals surface area contributed by atoms with E-state index >= 15 is 0 Å². The van der Waals surface area contributed by atoms with E-state index in [9.17, 15) is 4.79 Å². The second kappa shape index (κ2) is 6.76. The maximum absolute atomic E-state index is 12.6. The number of benzene rings is 2. The number of H-pyrrole nitrogens is 1. The minimum atomic E-state index is -0.120. The molecule has 6 nitrogen and oxygen atoms in total. The number of amides is 1. The first-order valence-corrected chi connectivity index (χ1v) is 8.25. The topological polar surface area (TPSA) is 79.9 Å². The first-order valence-electron chi connectivity index (χ1n) is 8.25. The van der Waals surface area contributed by atoms with Crippen LogP contribution in [-0.4, -0.2) is 34.2 Å². The highest BCUT2D eigenvalue weighted by Crippen LogP contribution is 2.26. The average molecular weight is 334 g/mol. The third kappa shape index (κ3) is 3.24. The van der Waals surface area contributed by atoms with Crippen LogP contribution in [0.5, 0.6) is 5.75 Å². The van der Waals surface area contributed by atoms with Crippen LogP contribution in [0, 0.1) is 5.92 Å². The van der Waals surface area contributed by atoms with Gasteiger partial charge in [0.15, 0.2) is 5.82 Å². The predicted octanol–water partition coefficient (Wildman–Crippen LogP) is 2.45. The number of nitrogens with zero attached hydrogens (tertiary/aromatic N) is 2. The molecule has 1 aromatic heterocycles. The molecular formula is C19H18N4O2. The molecule has 2 heterocycles. The number of para-hydroxylation sites is 1. The molecule has 6 heteroatoms. The minimum absolute atomic E-state index is 0.120. The van der Waals surface area contributed by atoms with Crippen LogP contribution in [0.25, 0.3) is 11.4 Å². The monoisotopic (exact) mass is 334 g/mol. The Kier molecular flexibility index (Phi) is 4.16. The standard InChI is InChI=1S/C19H18N4O2/c24-19(16-7-3-2-6-15(16)18-21-12-22-23-18)20-10-13-9-14-5-1-4-8-17(14)25-11-13/h1-8,12-13H,9-11H2,(H,20,24)(H,21,22,23). The van der Waals surface area contributed by atoms with E-state index in [0.29, 0.717) is 24.5 Å². The van der Waals surface area contributed by atoms with Crippen LogP contribution >= 0.6 is 0 Å². The number of aromatic nitrogens is 3. The lowest BCUT2D eigenvalue weighted by Gasteiger charge is -2.25. The molecule has 0 saturated carbocycles. The van der Waals surface area contributed by atoms with E-state index < -0.39 is 0 Å². The first-order chi connectivity index (χ1) is 12.3. The van der Waals surface area contributed by atoms with Gasteiger partial charge in [-0.2, -0.15) is 5.10 Å². The normalized spacial score (nSPS) is 15.9. The number of nitrogens with one attached hydrogen (secondary N) is 2. The van der Waals surface area contributed by atoms with E-state index in [2.05, 4.69) is 26.6 Å². The van der Waals surface area contributed by atoms with Gasteiger partial charge < -0.3 is 10.1 Å². The Bertz CT molecular complexity index is 877. The number of hydrogen-bond donors (Lipinski definition) is 2. The Labute approximate surface area is 145 Å². The zero-order chi connectivity index (χ0) is 17.1. The van der Waals surface area contributed by atoms with Crippen molar-refractivity contribution in [1.82, 2.24) is 20.5 Å². The highest BCUT2D eigenvalue weighted by molar-refractivity contribution is 6.00. The summed E-state index contributed by atoms with van der Waals surface area (Å²) in [5.41, 5.74) is 2.51. The highest BCUT2D eigenvalue weighted by Gasteiger charge is 2.21. The fourth-order valence-corrected chi connectivity index (χ4v) is 3.08. The van der Waals surface area contributed by atoms with Gasteiger partial charge in [0.05, 0.1) is 12.2 Å². The second-order valence-corrected chi connectivity index (χ2v) is 6.08. The molecule has 3 aromatic rings. The van der Waals surface area contributed by atoms with Crippen LogP contribution in [0.2, 0.25) is 0 Å². The van der Waals surface area contributed by atoms with Gasteiger partial charge in [0, 0.05) is 18.0 Å². The summed E-state index contributed by atoms with van der Waals surface area (Å²) in [5.74, 6) is 1.67. The molecule has 1 aliphatic rings. The van der Waals surface area contributed by atoms with Gasteiger partial charge in [-0.05, 0) is 24.1 Å². The molecular weight excluding hydrogens is 316 g/mol. The summed E-state index contributed by atoms with van der Waals surface area (Å²) in [6, 6.07) is 15.4. The largest absolute Gasteiger partial charge is 0.493 e. The van der Waals surface area contributed by atoms with Crippen molar-refractivity contribution in [3.05, 3.63) is 66.0 Å². The number of rotatable bonds is 4. The molecule has 1 unspecified atom stereocenters. The molecule has 1 aliphatic heterocycles. The first kappa shape index (κ1) is 15.4. The lowest BCUT2D eigenvalue weighted by molar-refractivity contribution is 0.0939. The van der Waals surface area contributed by atoms with Crippen molar-refractivity contribution in [1.29, 1.82) is 0 Å². The summed E-state index contributed by atoms with van der Waals surface area (Å²) < 4.78 is 5.78. The molecule has 4 rings (SSSR count). The summed E-state index contributed by atoms with van der Waals surface area (Å²) in [5, 5.41) is 9.68. The number of hydrogen-bond acceptors (Lipinski definition) is 4. The van der Waals surface area contributed by atoms with E-state index in [0.717, 1.165) is 17.7 Å². The van der Waals surface area contributed by atoms with Crippen LogP contribution in [0.1, 0.15) is 15.9 Å². The molecule has 0 spiro atoms. The summed E-state index contributed by atoms with van der Waals surface area (Å²) in [4.78, 5) is 16.8. The zero-order valence-electron chi connectivity index (χ0n) is 13.6. The van der Waals surface area contributed by atoms with E-state index in [1.165, 1.54) is 11.9 Å². The SMILES string of the molecule is O=C(NCC1COc2ccccc2C1)c1ccccc1-c1ncn[nH]1. The summed E-state index contributed by atoms with van der Waals surface area (Å²) in [7, 11) is 0. The second-order valence-electron chi connectivity index (χ2n) is 6.08. The fraction of sp³-hybridized carbons (Fsp3) is 0.211. The Hall–Kier alpha value is -3.15. The van der Waals surface area contributed by atoms with E-state index in [4.69, 9.17) is 4.74 Å². The van der Waals surface area contributed by atoms with Gasteiger partial charge in [0.25, 0.3) is 5.91 Å². The van der Waals surface area contributed by atoms with Crippen molar-refractivity contribution in [3.8, 4) is 17.1 Å². The van der Waals surface area contributed by atoms with Crippen molar-refractivity contribution in [2.24, 2.45) is 5.92 Å². The van der Waals surface area contributed by atoms with E-state index in [1.54, 1.807) is 6.07 Å². The number of ether oxygens (including phenoxy) is 1. The van der Waals surface area contributed by atoms with E-state index in [1.807, 2.05) is 36.4 Å². The number of aromatic amines is 1. The number of carbonyl (C=O) groups excluding carboxylic acids is 1. The lowest BCUT2D eigenvalue weighted by Crippen LogP contribution is -2.35. The predicted molar refractivity (Wildman–Crippen MR) is 93.3 cm³/mol.